The molecule has 0 saturated heterocycles. The largest absolute Gasteiger partial charge is 0.494 e. The Morgan fingerprint density at radius 3 is 2.50 bits per heavy atom. The van der Waals surface area contributed by atoms with Gasteiger partial charge in [0.05, 0.1) is 7.11 Å². The number of hydrogen-bond acceptors (Lipinski definition) is 3. The SMILES string of the molecule is COc1ccc(C)c(C)c1N=O. The lowest BCUT2D eigenvalue weighted by Gasteiger charge is -2.06. The van der Waals surface area contributed by atoms with Gasteiger partial charge in [-0.05, 0) is 36.2 Å². The van der Waals surface area contributed by atoms with Crippen LogP contribution in [0.5, 0.6) is 5.75 Å². The molecule has 0 unspecified atom stereocenters. The van der Waals surface area contributed by atoms with Gasteiger partial charge < -0.3 is 4.74 Å². The highest BCUT2D eigenvalue weighted by Crippen LogP contribution is 2.32. The molecule has 0 saturated carbocycles. The van der Waals surface area contributed by atoms with Gasteiger partial charge in [-0.2, -0.15) is 0 Å². The second kappa shape index (κ2) is 3.34. The molecule has 0 spiro atoms. The summed E-state index contributed by atoms with van der Waals surface area (Å²) in [4.78, 5) is 10.4. The highest BCUT2D eigenvalue weighted by Gasteiger charge is 2.07. The van der Waals surface area contributed by atoms with Gasteiger partial charge in [0.1, 0.15) is 5.75 Å². The van der Waals surface area contributed by atoms with Gasteiger partial charge in [-0.1, -0.05) is 6.07 Å². The smallest absolute Gasteiger partial charge is 0.153 e. The summed E-state index contributed by atoms with van der Waals surface area (Å²) >= 11 is 0. The Bertz CT molecular complexity index is 308. The topological polar surface area (TPSA) is 38.7 Å². The molecule has 0 aliphatic heterocycles. The Kier molecular flexibility index (Phi) is 2.43. The zero-order chi connectivity index (χ0) is 9.14. The molecule has 0 aliphatic rings. The number of ether oxygens (including phenoxy) is 1. The average Bonchev–Trinajstić information content (AvgIpc) is 2.09. The molecule has 0 amide bonds. The minimum absolute atomic E-state index is 0.400. The van der Waals surface area contributed by atoms with Crippen molar-refractivity contribution in [2.75, 3.05) is 7.11 Å². The molecule has 0 N–H and O–H groups in total. The van der Waals surface area contributed by atoms with E-state index < -0.39 is 0 Å². The summed E-state index contributed by atoms with van der Waals surface area (Å²) in [5.74, 6) is 0.535. The summed E-state index contributed by atoms with van der Waals surface area (Å²) in [6.07, 6.45) is 0. The van der Waals surface area contributed by atoms with Gasteiger partial charge in [0.25, 0.3) is 0 Å². The van der Waals surface area contributed by atoms with E-state index >= 15 is 0 Å². The van der Waals surface area contributed by atoms with Crippen LogP contribution in [0.1, 0.15) is 11.1 Å². The first kappa shape index (κ1) is 8.71. The highest BCUT2D eigenvalue weighted by atomic mass is 16.5. The Morgan fingerprint density at radius 1 is 1.33 bits per heavy atom. The molecular weight excluding hydrogens is 154 g/mol. The highest BCUT2D eigenvalue weighted by molar-refractivity contribution is 5.59. The van der Waals surface area contributed by atoms with Gasteiger partial charge in [-0.3, -0.25) is 0 Å². The quantitative estimate of drug-likeness (QED) is 0.632. The predicted octanol–water partition coefficient (Wildman–Crippen LogP) is 2.71. The van der Waals surface area contributed by atoms with Gasteiger partial charge in [-0.15, -0.1) is 4.91 Å². The maximum Gasteiger partial charge on any atom is 0.153 e. The van der Waals surface area contributed by atoms with Crippen molar-refractivity contribution in [3.05, 3.63) is 28.2 Å². The zero-order valence-electron chi connectivity index (χ0n) is 7.42. The third kappa shape index (κ3) is 1.30. The fourth-order valence-corrected chi connectivity index (χ4v) is 1.05. The van der Waals surface area contributed by atoms with Crippen molar-refractivity contribution in [1.29, 1.82) is 0 Å². The summed E-state index contributed by atoms with van der Waals surface area (Å²) in [5.41, 5.74) is 2.33. The van der Waals surface area contributed by atoms with Crippen LogP contribution in [-0.2, 0) is 0 Å². The molecule has 64 valence electrons. The molecule has 0 bridgehead atoms. The zero-order valence-corrected chi connectivity index (χ0v) is 7.42. The molecule has 0 heterocycles. The molecule has 0 aliphatic carbocycles. The number of benzene rings is 1. The van der Waals surface area contributed by atoms with Crippen LogP contribution < -0.4 is 4.74 Å². The van der Waals surface area contributed by atoms with Crippen LogP contribution in [0.25, 0.3) is 0 Å². The fourth-order valence-electron chi connectivity index (χ4n) is 1.05. The van der Waals surface area contributed by atoms with Crippen LogP contribution in [0.4, 0.5) is 5.69 Å². The average molecular weight is 165 g/mol. The molecule has 1 aromatic rings. The summed E-state index contributed by atoms with van der Waals surface area (Å²) in [6.45, 7) is 3.79. The van der Waals surface area contributed by atoms with Crippen molar-refractivity contribution in [2.24, 2.45) is 5.18 Å². The van der Waals surface area contributed by atoms with Crippen LogP contribution >= 0.6 is 0 Å². The number of methoxy groups -OCH3 is 1. The molecule has 0 fully saturated rings. The van der Waals surface area contributed by atoms with Gasteiger partial charge in [0, 0.05) is 0 Å². The lowest BCUT2D eigenvalue weighted by Crippen LogP contribution is -1.87. The lowest BCUT2D eigenvalue weighted by molar-refractivity contribution is 0.415. The predicted molar refractivity (Wildman–Crippen MR) is 47.9 cm³/mol. The summed E-state index contributed by atoms with van der Waals surface area (Å²) in [7, 11) is 1.53. The van der Waals surface area contributed by atoms with Crippen molar-refractivity contribution < 1.29 is 4.74 Å². The monoisotopic (exact) mass is 165 g/mol. The number of nitrogens with zero attached hydrogens (tertiary/aromatic N) is 1. The third-order valence-electron chi connectivity index (χ3n) is 1.98. The number of nitroso groups, excluding NO2 is 1. The molecule has 0 aromatic heterocycles. The fraction of sp³-hybridized carbons (Fsp3) is 0.333. The van der Waals surface area contributed by atoms with Crippen LogP contribution in [0, 0.1) is 18.8 Å². The Labute approximate surface area is 71.3 Å². The first-order valence-corrected chi connectivity index (χ1v) is 3.68. The number of aryl methyl sites for hydroxylation is 1. The molecule has 12 heavy (non-hydrogen) atoms. The summed E-state index contributed by atoms with van der Waals surface area (Å²) in [6, 6.07) is 3.65. The van der Waals surface area contributed by atoms with Crippen LogP contribution in [0.2, 0.25) is 0 Å². The third-order valence-corrected chi connectivity index (χ3v) is 1.98. The van der Waals surface area contributed by atoms with E-state index in [1.54, 1.807) is 6.07 Å². The summed E-state index contributed by atoms with van der Waals surface area (Å²) < 4.78 is 4.98. The van der Waals surface area contributed by atoms with Crippen LogP contribution in [-0.4, -0.2) is 7.11 Å². The van der Waals surface area contributed by atoms with Gasteiger partial charge in [0.15, 0.2) is 5.69 Å². The maximum absolute atomic E-state index is 10.4. The first-order chi connectivity index (χ1) is 5.70. The first-order valence-electron chi connectivity index (χ1n) is 3.68. The molecule has 0 atom stereocenters. The summed E-state index contributed by atoms with van der Waals surface area (Å²) in [5, 5.41) is 2.93. The Balaban J connectivity index is 3.35. The standard InChI is InChI=1S/C9H11NO2/c1-6-4-5-8(12-3)9(10-11)7(6)2/h4-5H,1-3H3. The van der Waals surface area contributed by atoms with Crippen molar-refractivity contribution in [3.8, 4) is 5.75 Å². The molecule has 3 heteroatoms. The van der Waals surface area contributed by atoms with E-state index in [9.17, 15) is 4.91 Å². The van der Waals surface area contributed by atoms with E-state index in [1.165, 1.54) is 7.11 Å². The van der Waals surface area contributed by atoms with E-state index in [0.29, 0.717) is 11.4 Å². The minimum Gasteiger partial charge on any atom is -0.494 e. The van der Waals surface area contributed by atoms with Crippen molar-refractivity contribution in [2.45, 2.75) is 13.8 Å². The molecule has 1 rings (SSSR count). The van der Waals surface area contributed by atoms with E-state index in [1.807, 2.05) is 19.9 Å². The molecule has 0 radical (unpaired) electrons. The van der Waals surface area contributed by atoms with Gasteiger partial charge in [-0.25, -0.2) is 0 Å². The van der Waals surface area contributed by atoms with Crippen LogP contribution in [0.15, 0.2) is 17.3 Å². The molecule has 1 aromatic carbocycles. The second-order valence-electron chi connectivity index (χ2n) is 2.65. The Morgan fingerprint density at radius 2 is 2.00 bits per heavy atom. The normalized spacial score (nSPS) is 9.58. The van der Waals surface area contributed by atoms with E-state index in [2.05, 4.69) is 5.18 Å². The maximum atomic E-state index is 10.4. The van der Waals surface area contributed by atoms with Crippen LogP contribution in [0.3, 0.4) is 0 Å². The second-order valence-corrected chi connectivity index (χ2v) is 2.65. The number of hydrogen-bond donors (Lipinski definition) is 0. The lowest BCUT2D eigenvalue weighted by atomic mass is 10.1. The van der Waals surface area contributed by atoms with Gasteiger partial charge in [0.2, 0.25) is 0 Å². The Hall–Kier alpha value is -1.38. The van der Waals surface area contributed by atoms with Crippen molar-refractivity contribution in [3.63, 3.8) is 0 Å². The van der Waals surface area contributed by atoms with Crippen molar-refractivity contribution in [1.82, 2.24) is 0 Å². The van der Waals surface area contributed by atoms with E-state index in [4.69, 9.17) is 4.74 Å². The van der Waals surface area contributed by atoms with E-state index in [-0.39, 0.29) is 0 Å². The number of rotatable bonds is 2. The van der Waals surface area contributed by atoms with Gasteiger partial charge >= 0.3 is 0 Å². The van der Waals surface area contributed by atoms with E-state index in [0.717, 1.165) is 11.1 Å². The molecular formula is C9H11NO2. The van der Waals surface area contributed by atoms with Crippen molar-refractivity contribution >= 4 is 5.69 Å². The minimum atomic E-state index is 0.400. The molecule has 3 nitrogen and oxygen atoms in total.